The maximum absolute atomic E-state index is 14.2. The van der Waals surface area contributed by atoms with Crippen molar-refractivity contribution in [3.8, 4) is 5.75 Å². The summed E-state index contributed by atoms with van der Waals surface area (Å²) in [5.74, 6) is -0.0956. The Hall–Kier alpha value is -3.21. The van der Waals surface area contributed by atoms with E-state index in [4.69, 9.17) is 4.74 Å². The lowest BCUT2D eigenvalue weighted by molar-refractivity contribution is -0.119. The van der Waals surface area contributed by atoms with Crippen molar-refractivity contribution in [2.24, 2.45) is 10.8 Å². The van der Waals surface area contributed by atoms with Crippen LogP contribution in [0.5, 0.6) is 5.75 Å². The van der Waals surface area contributed by atoms with Gasteiger partial charge in [0.2, 0.25) is 0 Å². The number of allylic oxidation sites excluding steroid dienone is 4. The number of carbonyl (C=O) groups excluding carboxylic acids is 2. The lowest BCUT2D eigenvalue weighted by Gasteiger charge is -2.44. The van der Waals surface area contributed by atoms with Crippen molar-refractivity contribution in [1.29, 1.82) is 0 Å². The molecule has 1 heterocycles. The van der Waals surface area contributed by atoms with Crippen molar-refractivity contribution in [3.05, 3.63) is 88.0 Å². The molecule has 0 amide bonds. The molecule has 0 unspecified atom stereocenters. The number of rotatable bonds is 4. The molecule has 0 fully saturated rings. The minimum Gasteiger partial charge on any atom is -0.488 e. The fourth-order valence-electron chi connectivity index (χ4n) is 5.82. The van der Waals surface area contributed by atoms with E-state index in [9.17, 15) is 14.0 Å². The first-order valence-electron chi connectivity index (χ1n) is 12.3. The molecular formula is C30H32FNO3. The van der Waals surface area contributed by atoms with Crippen molar-refractivity contribution in [2.45, 2.75) is 65.9 Å². The highest BCUT2D eigenvalue weighted by Gasteiger charge is 2.47. The number of benzene rings is 2. The Labute approximate surface area is 206 Å². The van der Waals surface area contributed by atoms with Gasteiger partial charge in [-0.25, -0.2) is 4.39 Å². The Kier molecular flexibility index (Phi) is 5.70. The largest absolute Gasteiger partial charge is 0.488 e. The number of ether oxygens (including phenoxy) is 1. The van der Waals surface area contributed by atoms with E-state index in [0.717, 1.165) is 29.8 Å². The van der Waals surface area contributed by atoms with Gasteiger partial charge in [-0.1, -0.05) is 64.1 Å². The van der Waals surface area contributed by atoms with Crippen molar-refractivity contribution >= 4 is 11.6 Å². The molecule has 0 saturated carbocycles. The lowest BCUT2D eigenvalue weighted by Crippen LogP contribution is -2.42. The Morgan fingerprint density at radius 2 is 1.37 bits per heavy atom. The van der Waals surface area contributed by atoms with Crippen LogP contribution in [0.1, 0.15) is 70.4 Å². The number of halogens is 1. The molecule has 0 aromatic heterocycles. The number of Topliss-reactive ketones (excluding diaryl/α,β-unsaturated/α-hetero) is 2. The number of nitrogens with one attached hydrogen (secondary N) is 1. The van der Waals surface area contributed by atoms with Gasteiger partial charge in [-0.15, -0.1) is 0 Å². The van der Waals surface area contributed by atoms with E-state index in [1.807, 2.05) is 24.3 Å². The summed E-state index contributed by atoms with van der Waals surface area (Å²) in [6.07, 6.45) is 2.36. The van der Waals surface area contributed by atoms with Crippen LogP contribution in [-0.2, 0) is 16.2 Å². The minimum atomic E-state index is -0.481. The Balaban J connectivity index is 1.62. The third-order valence-corrected chi connectivity index (χ3v) is 7.29. The number of hydrogen-bond acceptors (Lipinski definition) is 4. The van der Waals surface area contributed by atoms with Gasteiger partial charge in [0.25, 0.3) is 0 Å². The van der Waals surface area contributed by atoms with E-state index in [2.05, 4.69) is 33.0 Å². The molecule has 0 saturated heterocycles. The quantitative estimate of drug-likeness (QED) is 0.560. The van der Waals surface area contributed by atoms with Crippen molar-refractivity contribution < 1.29 is 18.7 Å². The highest BCUT2D eigenvalue weighted by atomic mass is 19.1. The number of para-hydroxylation sites is 1. The molecule has 182 valence electrons. The van der Waals surface area contributed by atoms with Crippen molar-refractivity contribution in [1.82, 2.24) is 5.32 Å². The molecule has 0 radical (unpaired) electrons. The molecule has 2 aromatic rings. The third kappa shape index (κ3) is 4.44. The Morgan fingerprint density at radius 1 is 0.829 bits per heavy atom. The second kappa shape index (κ2) is 8.47. The van der Waals surface area contributed by atoms with Gasteiger partial charge in [-0.2, -0.15) is 0 Å². The molecule has 5 rings (SSSR count). The average molecular weight is 474 g/mol. The van der Waals surface area contributed by atoms with Gasteiger partial charge in [0.15, 0.2) is 11.6 Å². The van der Waals surface area contributed by atoms with Gasteiger partial charge in [0, 0.05) is 52.4 Å². The van der Waals surface area contributed by atoms with Crippen LogP contribution in [-0.4, -0.2) is 11.6 Å². The summed E-state index contributed by atoms with van der Waals surface area (Å²) in [5, 5.41) is 3.54. The predicted octanol–water partition coefficient (Wildman–Crippen LogP) is 6.38. The van der Waals surface area contributed by atoms with Crippen LogP contribution in [0.4, 0.5) is 4.39 Å². The topological polar surface area (TPSA) is 55.4 Å². The molecule has 0 atom stereocenters. The van der Waals surface area contributed by atoms with E-state index >= 15 is 0 Å². The van der Waals surface area contributed by atoms with Crippen LogP contribution in [0.3, 0.4) is 0 Å². The molecule has 0 spiro atoms. The second-order valence-electron chi connectivity index (χ2n) is 11.6. The smallest absolute Gasteiger partial charge is 0.162 e. The van der Waals surface area contributed by atoms with E-state index in [0.29, 0.717) is 35.3 Å². The van der Waals surface area contributed by atoms with Crippen LogP contribution in [0.15, 0.2) is 71.1 Å². The van der Waals surface area contributed by atoms with E-state index in [1.165, 1.54) is 6.07 Å². The highest BCUT2D eigenvalue weighted by Crippen LogP contribution is 2.52. The van der Waals surface area contributed by atoms with Crippen molar-refractivity contribution in [3.63, 3.8) is 0 Å². The summed E-state index contributed by atoms with van der Waals surface area (Å²) in [6.45, 7) is 8.50. The molecule has 1 N–H and O–H groups in total. The summed E-state index contributed by atoms with van der Waals surface area (Å²) in [6, 6.07) is 14.1. The van der Waals surface area contributed by atoms with Gasteiger partial charge in [-0.3, -0.25) is 9.59 Å². The average Bonchev–Trinajstić information content (AvgIpc) is 2.75. The zero-order valence-corrected chi connectivity index (χ0v) is 20.8. The van der Waals surface area contributed by atoms with Gasteiger partial charge >= 0.3 is 0 Å². The van der Waals surface area contributed by atoms with Crippen LogP contribution in [0, 0.1) is 16.6 Å². The first-order chi connectivity index (χ1) is 16.5. The van der Waals surface area contributed by atoms with E-state index in [1.54, 1.807) is 18.2 Å². The summed E-state index contributed by atoms with van der Waals surface area (Å²) in [5.41, 5.74) is 4.14. The molecule has 5 heteroatoms. The van der Waals surface area contributed by atoms with Crippen LogP contribution < -0.4 is 10.1 Å². The number of dihydropyridines is 1. The van der Waals surface area contributed by atoms with Gasteiger partial charge in [0.05, 0.1) is 0 Å². The number of hydrogen-bond donors (Lipinski definition) is 1. The number of carbonyl (C=O) groups is 2. The molecule has 1 aliphatic heterocycles. The van der Waals surface area contributed by atoms with Crippen LogP contribution in [0.2, 0.25) is 0 Å². The first kappa shape index (κ1) is 23.5. The molecule has 0 bridgehead atoms. The summed E-state index contributed by atoms with van der Waals surface area (Å²) in [7, 11) is 0. The molecule has 3 aliphatic rings. The van der Waals surface area contributed by atoms with Gasteiger partial charge < -0.3 is 10.1 Å². The fourth-order valence-corrected chi connectivity index (χ4v) is 5.82. The standard InChI is InChI=1S/C30H32FNO3/c1-29(2)13-21-27(23(33)15-29)26(28-22(32-21)14-30(3,4)16-24(28)34)19-10-6-8-12-25(19)35-17-18-9-5-7-11-20(18)31/h5-12,26,32H,13-17H2,1-4H3. The minimum absolute atomic E-state index is 0.0639. The maximum atomic E-state index is 14.2. The zero-order chi connectivity index (χ0) is 25.0. The normalized spacial score (nSPS) is 21.4. The Morgan fingerprint density at radius 3 is 1.97 bits per heavy atom. The zero-order valence-electron chi connectivity index (χ0n) is 20.8. The van der Waals surface area contributed by atoms with Crippen molar-refractivity contribution in [2.75, 3.05) is 0 Å². The summed E-state index contributed by atoms with van der Waals surface area (Å²) < 4.78 is 20.4. The van der Waals surface area contributed by atoms with Crippen LogP contribution >= 0.6 is 0 Å². The molecule has 35 heavy (non-hydrogen) atoms. The fraction of sp³-hybridized carbons (Fsp3) is 0.400. The first-order valence-corrected chi connectivity index (χ1v) is 12.3. The second-order valence-corrected chi connectivity index (χ2v) is 11.6. The number of ketones is 2. The molecule has 4 nitrogen and oxygen atoms in total. The van der Waals surface area contributed by atoms with Gasteiger partial charge in [-0.05, 0) is 35.8 Å². The molecule has 2 aliphatic carbocycles. The predicted molar refractivity (Wildman–Crippen MR) is 133 cm³/mol. The van der Waals surface area contributed by atoms with E-state index in [-0.39, 0.29) is 34.8 Å². The highest BCUT2D eigenvalue weighted by molar-refractivity contribution is 6.07. The lowest BCUT2D eigenvalue weighted by atomic mass is 9.64. The molecular weight excluding hydrogens is 441 g/mol. The summed E-state index contributed by atoms with van der Waals surface area (Å²) >= 11 is 0. The maximum Gasteiger partial charge on any atom is 0.162 e. The third-order valence-electron chi connectivity index (χ3n) is 7.29. The molecule has 2 aromatic carbocycles. The SMILES string of the molecule is CC1(C)CC(=O)C2=C(C1)NC1=C(C(=O)CC(C)(C)C1)C2c1ccccc1OCc1ccccc1F. The van der Waals surface area contributed by atoms with E-state index < -0.39 is 5.92 Å². The van der Waals surface area contributed by atoms with Gasteiger partial charge in [0.1, 0.15) is 18.2 Å². The van der Waals surface area contributed by atoms with Crippen LogP contribution in [0.25, 0.3) is 0 Å². The monoisotopic (exact) mass is 473 g/mol. The Bertz CT molecular complexity index is 1230. The summed E-state index contributed by atoms with van der Waals surface area (Å²) in [4.78, 5) is 27.1.